The number of hydrogen-bond acceptors (Lipinski definition) is 4. The van der Waals surface area contributed by atoms with Crippen molar-refractivity contribution in [1.29, 1.82) is 0 Å². The van der Waals surface area contributed by atoms with Crippen molar-refractivity contribution >= 4 is 17.4 Å². The Morgan fingerprint density at radius 3 is 2.78 bits per heavy atom. The number of nitrogens with zero attached hydrogens (tertiary/aromatic N) is 2. The van der Waals surface area contributed by atoms with Gasteiger partial charge in [0.05, 0.1) is 18.4 Å². The summed E-state index contributed by atoms with van der Waals surface area (Å²) < 4.78 is 5.33. The summed E-state index contributed by atoms with van der Waals surface area (Å²) in [6.07, 6.45) is 4.02. The maximum absolute atomic E-state index is 12.7. The molecule has 3 rings (SSSR count). The average Bonchev–Trinajstić information content (AvgIpc) is 3.09. The molecule has 1 aliphatic heterocycles. The highest BCUT2D eigenvalue weighted by Crippen LogP contribution is 2.27. The lowest BCUT2D eigenvalue weighted by Gasteiger charge is -2.19. The number of methoxy groups -OCH3 is 1. The fourth-order valence-electron chi connectivity index (χ4n) is 2.86. The normalized spacial score (nSPS) is 13.9. The van der Waals surface area contributed by atoms with Crippen molar-refractivity contribution in [2.45, 2.75) is 19.8 Å². The third kappa shape index (κ3) is 3.28. The first kappa shape index (κ1) is 15.3. The summed E-state index contributed by atoms with van der Waals surface area (Å²) in [5.74, 6) is 1.24. The number of amides is 1. The van der Waals surface area contributed by atoms with Gasteiger partial charge in [-0.25, -0.2) is 4.98 Å². The zero-order valence-corrected chi connectivity index (χ0v) is 13.5. The fraction of sp³-hybridized carbons (Fsp3) is 0.333. The van der Waals surface area contributed by atoms with Gasteiger partial charge < -0.3 is 15.0 Å². The first-order valence-corrected chi connectivity index (χ1v) is 7.85. The number of carbonyl (C=O) groups excluding carboxylic acids is 1. The lowest BCUT2D eigenvalue weighted by atomic mass is 10.2. The molecule has 0 bridgehead atoms. The first-order valence-electron chi connectivity index (χ1n) is 7.85. The smallest absolute Gasteiger partial charge is 0.259 e. The molecule has 1 fully saturated rings. The Kier molecular flexibility index (Phi) is 4.46. The molecule has 0 saturated carbocycles. The number of benzene rings is 1. The minimum atomic E-state index is -0.163. The van der Waals surface area contributed by atoms with Crippen LogP contribution in [0.2, 0.25) is 0 Å². The van der Waals surface area contributed by atoms with E-state index in [1.165, 1.54) is 0 Å². The van der Waals surface area contributed by atoms with E-state index < -0.39 is 0 Å². The van der Waals surface area contributed by atoms with E-state index in [0.29, 0.717) is 17.0 Å². The molecule has 5 heteroatoms. The molecule has 1 amide bonds. The van der Waals surface area contributed by atoms with Crippen LogP contribution in [0.4, 0.5) is 11.5 Å². The molecule has 0 spiro atoms. The van der Waals surface area contributed by atoms with E-state index in [2.05, 4.69) is 15.2 Å². The molecular weight excluding hydrogens is 290 g/mol. The Hall–Kier alpha value is -2.56. The van der Waals surface area contributed by atoms with Crippen molar-refractivity contribution in [1.82, 2.24) is 4.98 Å². The van der Waals surface area contributed by atoms with E-state index in [0.717, 1.165) is 37.3 Å². The lowest BCUT2D eigenvalue weighted by molar-refractivity contribution is 0.102. The molecule has 0 radical (unpaired) electrons. The third-order valence-corrected chi connectivity index (χ3v) is 4.04. The Morgan fingerprint density at radius 2 is 2.04 bits per heavy atom. The number of carbonyl (C=O) groups is 1. The number of pyridine rings is 1. The van der Waals surface area contributed by atoms with Gasteiger partial charge in [-0.3, -0.25) is 4.79 Å². The second-order valence-electron chi connectivity index (χ2n) is 5.73. The third-order valence-electron chi connectivity index (χ3n) is 4.04. The predicted molar refractivity (Wildman–Crippen MR) is 91.4 cm³/mol. The molecule has 5 nitrogen and oxygen atoms in total. The second kappa shape index (κ2) is 6.69. The highest BCUT2D eigenvalue weighted by atomic mass is 16.5. The highest BCUT2D eigenvalue weighted by molar-refractivity contribution is 6.08. The van der Waals surface area contributed by atoms with Gasteiger partial charge in [0.1, 0.15) is 11.6 Å². The standard InChI is InChI=1S/C18H21N3O2/c1-13-7-8-16(23-2)15(12-13)20-18(22)14-6-5-9-19-17(14)21-10-3-4-11-21/h5-9,12H,3-4,10-11H2,1-2H3,(H,20,22). The lowest BCUT2D eigenvalue weighted by Crippen LogP contribution is -2.24. The molecule has 0 atom stereocenters. The van der Waals surface area contributed by atoms with Gasteiger partial charge in [0, 0.05) is 19.3 Å². The van der Waals surface area contributed by atoms with Gasteiger partial charge in [-0.2, -0.15) is 0 Å². The Morgan fingerprint density at radius 1 is 1.26 bits per heavy atom. The molecule has 120 valence electrons. The van der Waals surface area contributed by atoms with Crippen LogP contribution in [0.25, 0.3) is 0 Å². The summed E-state index contributed by atoms with van der Waals surface area (Å²) in [4.78, 5) is 19.3. The van der Waals surface area contributed by atoms with Gasteiger partial charge in [-0.1, -0.05) is 6.07 Å². The monoisotopic (exact) mass is 311 g/mol. The van der Waals surface area contributed by atoms with E-state index in [1.54, 1.807) is 19.4 Å². The summed E-state index contributed by atoms with van der Waals surface area (Å²) in [5, 5.41) is 2.95. The van der Waals surface area contributed by atoms with Crippen molar-refractivity contribution in [3.8, 4) is 5.75 Å². The zero-order valence-electron chi connectivity index (χ0n) is 13.5. The number of aryl methyl sites for hydroxylation is 1. The van der Waals surface area contributed by atoms with Crippen LogP contribution in [0, 0.1) is 6.92 Å². The number of hydrogen-bond donors (Lipinski definition) is 1. The molecule has 1 N–H and O–H groups in total. The van der Waals surface area contributed by atoms with Crippen molar-refractivity contribution in [2.75, 3.05) is 30.4 Å². The quantitative estimate of drug-likeness (QED) is 0.941. The van der Waals surface area contributed by atoms with E-state index in [-0.39, 0.29) is 5.91 Å². The molecular formula is C18H21N3O2. The van der Waals surface area contributed by atoms with E-state index in [4.69, 9.17) is 4.74 Å². The molecule has 2 heterocycles. The maximum Gasteiger partial charge on any atom is 0.259 e. The number of aromatic nitrogens is 1. The van der Waals surface area contributed by atoms with E-state index >= 15 is 0 Å². The topological polar surface area (TPSA) is 54.5 Å². The molecule has 1 aromatic heterocycles. The number of anilines is 2. The summed E-state index contributed by atoms with van der Waals surface area (Å²) >= 11 is 0. The largest absolute Gasteiger partial charge is 0.495 e. The molecule has 2 aromatic rings. The van der Waals surface area contributed by atoms with Crippen LogP contribution in [-0.2, 0) is 0 Å². The van der Waals surface area contributed by atoms with E-state index in [9.17, 15) is 4.79 Å². The van der Waals surface area contributed by atoms with Gasteiger partial charge >= 0.3 is 0 Å². The van der Waals surface area contributed by atoms with Gasteiger partial charge in [0.15, 0.2) is 0 Å². The maximum atomic E-state index is 12.7. The highest BCUT2D eigenvalue weighted by Gasteiger charge is 2.21. The predicted octanol–water partition coefficient (Wildman–Crippen LogP) is 3.25. The van der Waals surface area contributed by atoms with Crippen LogP contribution >= 0.6 is 0 Å². The van der Waals surface area contributed by atoms with Crippen molar-refractivity contribution in [3.05, 3.63) is 47.7 Å². The van der Waals surface area contributed by atoms with Crippen LogP contribution in [-0.4, -0.2) is 31.1 Å². The summed E-state index contributed by atoms with van der Waals surface area (Å²) in [6, 6.07) is 9.33. The van der Waals surface area contributed by atoms with Gasteiger partial charge in [0.25, 0.3) is 5.91 Å². The van der Waals surface area contributed by atoms with Crippen molar-refractivity contribution in [3.63, 3.8) is 0 Å². The first-order chi connectivity index (χ1) is 11.2. The Balaban J connectivity index is 1.88. The minimum absolute atomic E-state index is 0.163. The van der Waals surface area contributed by atoms with Gasteiger partial charge in [-0.05, 0) is 49.6 Å². The van der Waals surface area contributed by atoms with Crippen LogP contribution < -0.4 is 15.0 Å². The second-order valence-corrected chi connectivity index (χ2v) is 5.73. The molecule has 1 aliphatic rings. The molecule has 1 saturated heterocycles. The van der Waals surface area contributed by atoms with Crippen LogP contribution in [0.5, 0.6) is 5.75 Å². The minimum Gasteiger partial charge on any atom is -0.495 e. The van der Waals surface area contributed by atoms with Gasteiger partial charge in [0.2, 0.25) is 0 Å². The van der Waals surface area contributed by atoms with Crippen molar-refractivity contribution in [2.24, 2.45) is 0 Å². The molecule has 0 aliphatic carbocycles. The molecule has 23 heavy (non-hydrogen) atoms. The zero-order chi connectivity index (χ0) is 16.2. The fourth-order valence-corrected chi connectivity index (χ4v) is 2.86. The molecule has 1 aromatic carbocycles. The average molecular weight is 311 g/mol. The Labute approximate surface area is 136 Å². The van der Waals surface area contributed by atoms with Crippen LogP contribution in [0.15, 0.2) is 36.5 Å². The SMILES string of the molecule is COc1ccc(C)cc1NC(=O)c1cccnc1N1CCCC1. The summed E-state index contributed by atoms with van der Waals surface area (Å²) in [6.45, 7) is 3.88. The van der Waals surface area contributed by atoms with Crippen LogP contribution in [0.3, 0.4) is 0 Å². The summed E-state index contributed by atoms with van der Waals surface area (Å²) in [7, 11) is 1.60. The molecule has 0 unspecified atom stereocenters. The number of rotatable bonds is 4. The van der Waals surface area contributed by atoms with Crippen LogP contribution in [0.1, 0.15) is 28.8 Å². The van der Waals surface area contributed by atoms with Crippen molar-refractivity contribution < 1.29 is 9.53 Å². The number of nitrogens with one attached hydrogen (secondary N) is 1. The summed E-state index contributed by atoms with van der Waals surface area (Å²) in [5.41, 5.74) is 2.33. The van der Waals surface area contributed by atoms with Gasteiger partial charge in [-0.15, -0.1) is 0 Å². The van der Waals surface area contributed by atoms with E-state index in [1.807, 2.05) is 31.2 Å². The number of ether oxygens (including phenoxy) is 1. The Bertz CT molecular complexity index is 709.